The van der Waals surface area contributed by atoms with E-state index in [4.69, 9.17) is 9.15 Å². The van der Waals surface area contributed by atoms with Gasteiger partial charge in [0.05, 0.1) is 13.2 Å². The van der Waals surface area contributed by atoms with Crippen molar-refractivity contribution in [2.75, 3.05) is 20.2 Å². The van der Waals surface area contributed by atoms with Gasteiger partial charge in [0, 0.05) is 11.4 Å². The van der Waals surface area contributed by atoms with Gasteiger partial charge in [-0.25, -0.2) is 0 Å². The van der Waals surface area contributed by atoms with Crippen molar-refractivity contribution in [2.24, 2.45) is 5.92 Å². The molecule has 1 aromatic carbocycles. The van der Waals surface area contributed by atoms with Crippen LogP contribution in [-0.2, 0) is 0 Å². The Labute approximate surface area is 148 Å². The summed E-state index contributed by atoms with van der Waals surface area (Å²) in [7, 11) is 1.61. The molecule has 2 N–H and O–H groups in total. The Bertz CT molecular complexity index is 748. The molecule has 4 rings (SSSR count). The number of rotatable bonds is 6. The van der Waals surface area contributed by atoms with Gasteiger partial charge in [-0.05, 0) is 50.4 Å². The number of furan rings is 1. The zero-order valence-corrected chi connectivity index (χ0v) is 14.7. The molecule has 1 saturated heterocycles. The molecule has 2 heterocycles. The fourth-order valence-electron chi connectivity index (χ4n) is 4.12. The summed E-state index contributed by atoms with van der Waals surface area (Å²) in [5.74, 6) is 1.63. The molecule has 1 aliphatic carbocycles. The van der Waals surface area contributed by atoms with E-state index >= 15 is 0 Å². The van der Waals surface area contributed by atoms with E-state index in [-0.39, 0.29) is 11.8 Å². The number of hydrogen-bond acceptors (Lipinski definition) is 5. The first kappa shape index (κ1) is 16.6. The number of Topliss-reactive ketones (excluding diaryl/α,β-unsaturated/α-hetero) is 1. The average molecular weight is 342 g/mol. The lowest BCUT2D eigenvalue weighted by Gasteiger charge is -2.15. The van der Waals surface area contributed by atoms with Crippen molar-refractivity contribution in [3.05, 3.63) is 30.0 Å². The monoisotopic (exact) mass is 342 g/mol. The normalized spacial score (nSPS) is 24.2. The Morgan fingerprint density at radius 2 is 2.20 bits per heavy atom. The number of para-hydroxylation sites is 1. The quantitative estimate of drug-likeness (QED) is 0.790. The Hall–Kier alpha value is -1.85. The second kappa shape index (κ2) is 7.18. The minimum Gasteiger partial charge on any atom is -0.493 e. The molecular weight excluding hydrogens is 316 g/mol. The van der Waals surface area contributed by atoms with E-state index in [0.29, 0.717) is 29.1 Å². The van der Waals surface area contributed by atoms with E-state index in [9.17, 15) is 4.79 Å². The average Bonchev–Trinajstić information content (AvgIpc) is 3.38. The van der Waals surface area contributed by atoms with Crippen LogP contribution in [-0.4, -0.2) is 38.1 Å². The molecule has 0 radical (unpaired) electrons. The molecule has 2 aromatic rings. The standard InChI is InChI=1S/C20H26N2O3/c1-24-17-8-4-5-14-10-18(25-20(14)17)19(23)16-9-13(12-22-16)11-21-15-6-2-3-7-15/h4-5,8,10,13,15-16,21-22H,2-3,6-7,9,11-12H2,1H3. The summed E-state index contributed by atoms with van der Waals surface area (Å²) in [4.78, 5) is 12.8. The molecule has 2 unspecified atom stereocenters. The third-order valence-electron chi connectivity index (χ3n) is 5.56. The largest absolute Gasteiger partial charge is 0.493 e. The van der Waals surface area contributed by atoms with E-state index < -0.39 is 0 Å². The van der Waals surface area contributed by atoms with E-state index in [1.54, 1.807) is 7.11 Å². The number of methoxy groups -OCH3 is 1. The Morgan fingerprint density at radius 3 is 3.00 bits per heavy atom. The van der Waals surface area contributed by atoms with Gasteiger partial charge in [-0.2, -0.15) is 0 Å². The van der Waals surface area contributed by atoms with Crippen LogP contribution in [0.4, 0.5) is 0 Å². The number of fused-ring (bicyclic) bond motifs is 1. The lowest BCUT2D eigenvalue weighted by Crippen LogP contribution is -2.32. The molecule has 25 heavy (non-hydrogen) atoms. The van der Waals surface area contributed by atoms with Gasteiger partial charge < -0.3 is 19.8 Å². The highest BCUT2D eigenvalue weighted by atomic mass is 16.5. The van der Waals surface area contributed by atoms with Gasteiger partial charge in [0.15, 0.2) is 17.1 Å². The van der Waals surface area contributed by atoms with Crippen molar-refractivity contribution in [3.8, 4) is 5.75 Å². The Morgan fingerprint density at radius 1 is 1.36 bits per heavy atom. The minimum atomic E-state index is -0.151. The Kier molecular flexibility index (Phi) is 4.77. The third-order valence-corrected chi connectivity index (χ3v) is 5.56. The fraction of sp³-hybridized carbons (Fsp3) is 0.550. The smallest absolute Gasteiger partial charge is 0.214 e. The number of carbonyl (C=O) groups excluding carboxylic acids is 1. The summed E-state index contributed by atoms with van der Waals surface area (Å²) >= 11 is 0. The van der Waals surface area contributed by atoms with Gasteiger partial charge in [0.25, 0.3) is 0 Å². The minimum absolute atomic E-state index is 0.0432. The van der Waals surface area contributed by atoms with Crippen molar-refractivity contribution in [2.45, 2.75) is 44.2 Å². The molecule has 5 nitrogen and oxygen atoms in total. The van der Waals surface area contributed by atoms with Gasteiger partial charge in [-0.3, -0.25) is 4.79 Å². The first-order valence-electron chi connectivity index (χ1n) is 9.32. The van der Waals surface area contributed by atoms with Gasteiger partial charge in [0.2, 0.25) is 5.78 Å². The summed E-state index contributed by atoms with van der Waals surface area (Å²) < 4.78 is 11.1. The number of nitrogens with one attached hydrogen (secondary N) is 2. The van der Waals surface area contributed by atoms with Crippen LogP contribution in [0.3, 0.4) is 0 Å². The van der Waals surface area contributed by atoms with Crippen molar-refractivity contribution in [1.29, 1.82) is 0 Å². The van der Waals surface area contributed by atoms with Gasteiger partial charge >= 0.3 is 0 Å². The second-order valence-corrected chi connectivity index (χ2v) is 7.31. The maximum Gasteiger partial charge on any atom is 0.214 e. The van der Waals surface area contributed by atoms with E-state index in [0.717, 1.165) is 24.9 Å². The van der Waals surface area contributed by atoms with Crippen molar-refractivity contribution in [1.82, 2.24) is 10.6 Å². The van der Waals surface area contributed by atoms with Crippen LogP contribution in [0.2, 0.25) is 0 Å². The number of benzene rings is 1. The summed E-state index contributed by atoms with van der Waals surface area (Å²) in [6.07, 6.45) is 6.15. The second-order valence-electron chi connectivity index (χ2n) is 7.31. The molecule has 134 valence electrons. The highest BCUT2D eigenvalue weighted by Gasteiger charge is 2.32. The van der Waals surface area contributed by atoms with E-state index in [1.165, 1.54) is 25.7 Å². The van der Waals surface area contributed by atoms with E-state index in [2.05, 4.69) is 10.6 Å². The summed E-state index contributed by atoms with van der Waals surface area (Å²) in [5, 5.41) is 7.94. The molecule has 5 heteroatoms. The third kappa shape index (κ3) is 3.44. The zero-order valence-electron chi connectivity index (χ0n) is 14.7. The van der Waals surface area contributed by atoms with Crippen LogP contribution in [0, 0.1) is 5.92 Å². The molecule has 0 amide bonds. The van der Waals surface area contributed by atoms with Crippen molar-refractivity contribution < 1.29 is 13.9 Å². The summed E-state index contributed by atoms with van der Waals surface area (Å²) in [6, 6.07) is 8.04. The van der Waals surface area contributed by atoms with Crippen LogP contribution in [0.25, 0.3) is 11.0 Å². The van der Waals surface area contributed by atoms with E-state index in [1.807, 2.05) is 24.3 Å². The molecule has 0 spiro atoms. The summed E-state index contributed by atoms with van der Waals surface area (Å²) in [5.41, 5.74) is 0.644. The molecule has 2 atom stereocenters. The van der Waals surface area contributed by atoms with Gasteiger partial charge in [0.1, 0.15) is 0 Å². The molecule has 1 aromatic heterocycles. The lowest BCUT2D eigenvalue weighted by molar-refractivity contribution is 0.0925. The highest BCUT2D eigenvalue weighted by molar-refractivity contribution is 6.01. The van der Waals surface area contributed by atoms with Crippen LogP contribution in [0.15, 0.2) is 28.7 Å². The number of hydrogen-bond donors (Lipinski definition) is 2. The Balaban J connectivity index is 1.39. The topological polar surface area (TPSA) is 63.5 Å². The number of ketones is 1. The molecule has 1 aliphatic heterocycles. The van der Waals surface area contributed by atoms with Gasteiger partial charge in [-0.15, -0.1) is 0 Å². The summed E-state index contributed by atoms with van der Waals surface area (Å²) in [6.45, 7) is 1.88. The van der Waals surface area contributed by atoms with Crippen molar-refractivity contribution in [3.63, 3.8) is 0 Å². The predicted octanol–water partition coefficient (Wildman–Crippen LogP) is 3.13. The molecule has 1 saturated carbocycles. The lowest BCUT2D eigenvalue weighted by atomic mass is 10.0. The maximum absolute atomic E-state index is 12.8. The zero-order chi connectivity index (χ0) is 17.2. The van der Waals surface area contributed by atoms with Crippen LogP contribution >= 0.6 is 0 Å². The molecule has 2 fully saturated rings. The van der Waals surface area contributed by atoms with Gasteiger partial charge in [-0.1, -0.05) is 25.0 Å². The molecular formula is C20H26N2O3. The number of ether oxygens (including phenoxy) is 1. The molecule has 0 bridgehead atoms. The van der Waals surface area contributed by atoms with Crippen molar-refractivity contribution >= 4 is 16.8 Å². The maximum atomic E-state index is 12.8. The SMILES string of the molecule is COc1cccc2cc(C(=O)C3CC(CNC4CCCC4)CN3)oc12. The van der Waals surface area contributed by atoms with Crippen LogP contribution in [0.1, 0.15) is 42.7 Å². The predicted molar refractivity (Wildman–Crippen MR) is 97.3 cm³/mol. The molecule has 2 aliphatic rings. The highest BCUT2D eigenvalue weighted by Crippen LogP contribution is 2.30. The first-order valence-corrected chi connectivity index (χ1v) is 9.32. The fourth-order valence-corrected chi connectivity index (χ4v) is 4.12. The van der Waals surface area contributed by atoms with Crippen LogP contribution in [0.5, 0.6) is 5.75 Å². The first-order chi connectivity index (χ1) is 12.2. The van der Waals surface area contributed by atoms with Crippen LogP contribution < -0.4 is 15.4 Å². The number of carbonyl (C=O) groups is 1.